The quantitative estimate of drug-likeness (QED) is 0.738. The molecule has 0 amide bonds. The largest absolute Gasteiger partial charge is 0.298 e. The Labute approximate surface area is 100 Å². The molecule has 0 N–H and O–H groups in total. The molecule has 1 aromatic carbocycles. The van der Waals surface area contributed by atoms with E-state index >= 15 is 0 Å². The summed E-state index contributed by atoms with van der Waals surface area (Å²) < 4.78 is 2.10. The van der Waals surface area contributed by atoms with Gasteiger partial charge in [-0.2, -0.15) is 5.10 Å². The lowest BCUT2D eigenvalue weighted by atomic mass is 10.0. The second-order valence-corrected chi connectivity index (χ2v) is 4.43. The first-order valence-electron chi connectivity index (χ1n) is 5.99. The van der Waals surface area contributed by atoms with Crippen molar-refractivity contribution in [2.75, 3.05) is 0 Å². The Balaban J connectivity index is 2.02. The Kier molecular flexibility index (Phi) is 2.52. The van der Waals surface area contributed by atoms with Crippen LogP contribution in [-0.2, 0) is 13.0 Å². The van der Waals surface area contributed by atoms with E-state index in [0.717, 1.165) is 30.4 Å². The molecule has 0 saturated carbocycles. The molecule has 1 aliphatic heterocycles. The Morgan fingerprint density at radius 3 is 2.76 bits per heavy atom. The van der Waals surface area contributed by atoms with Crippen molar-refractivity contribution in [1.29, 1.82) is 0 Å². The maximum atomic E-state index is 10.6. The van der Waals surface area contributed by atoms with Gasteiger partial charge in [0.25, 0.3) is 0 Å². The van der Waals surface area contributed by atoms with Crippen molar-refractivity contribution in [2.45, 2.75) is 25.8 Å². The normalized spacial score (nSPS) is 14.4. The van der Waals surface area contributed by atoms with Crippen molar-refractivity contribution in [3.8, 4) is 11.1 Å². The highest BCUT2D eigenvalue weighted by Gasteiger charge is 2.15. The first-order chi connectivity index (χ1) is 8.38. The summed E-state index contributed by atoms with van der Waals surface area (Å²) in [4.78, 5) is 10.6. The molecule has 0 bridgehead atoms. The lowest BCUT2D eigenvalue weighted by molar-refractivity contribution is 0.112. The smallest absolute Gasteiger partial charge is 0.150 e. The van der Waals surface area contributed by atoms with E-state index < -0.39 is 0 Å². The van der Waals surface area contributed by atoms with Gasteiger partial charge in [-0.15, -0.1) is 0 Å². The van der Waals surface area contributed by atoms with Crippen LogP contribution in [0.1, 0.15) is 28.9 Å². The van der Waals surface area contributed by atoms with Gasteiger partial charge in [0.2, 0.25) is 0 Å². The highest BCUT2D eigenvalue weighted by atomic mass is 16.1. The molecule has 86 valence electrons. The van der Waals surface area contributed by atoms with Gasteiger partial charge in [0, 0.05) is 23.4 Å². The lowest BCUT2D eigenvalue weighted by Gasteiger charge is -2.14. The van der Waals surface area contributed by atoms with Crippen molar-refractivity contribution in [2.24, 2.45) is 0 Å². The number of aldehydes is 1. The Morgan fingerprint density at radius 1 is 1.18 bits per heavy atom. The molecule has 17 heavy (non-hydrogen) atoms. The van der Waals surface area contributed by atoms with Crippen LogP contribution in [-0.4, -0.2) is 16.1 Å². The molecular weight excluding hydrogens is 212 g/mol. The number of carbonyl (C=O) groups excluding carboxylic acids is 1. The number of nitrogens with zero attached hydrogens (tertiary/aromatic N) is 2. The second-order valence-electron chi connectivity index (χ2n) is 4.43. The van der Waals surface area contributed by atoms with Crippen LogP contribution >= 0.6 is 0 Å². The van der Waals surface area contributed by atoms with Crippen LogP contribution < -0.4 is 0 Å². The minimum absolute atomic E-state index is 0.717. The van der Waals surface area contributed by atoms with Crippen LogP contribution in [0.3, 0.4) is 0 Å². The average Bonchev–Trinajstić information content (AvgIpc) is 2.83. The minimum Gasteiger partial charge on any atom is -0.298 e. The standard InChI is InChI=1S/C14H14N2O/c17-10-11-4-6-12(7-5-11)13-9-15-16-8-2-1-3-14(13)16/h4-7,9-10H,1-3,8H2. The number of hydrogen-bond acceptors (Lipinski definition) is 2. The predicted molar refractivity (Wildman–Crippen MR) is 66.0 cm³/mol. The van der Waals surface area contributed by atoms with Crippen molar-refractivity contribution < 1.29 is 4.79 Å². The molecule has 3 nitrogen and oxygen atoms in total. The van der Waals surface area contributed by atoms with E-state index in [-0.39, 0.29) is 0 Å². The molecule has 0 atom stereocenters. The van der Waals surface area contributed by atoms with Crippen molar-refractivity contribution in [3.05, 3.63) is 41.7 Å². The van der Waals surface area contributed by atoms with Crippen molar-refractivity contribution >= 4 is 6.29 Å². The first kappa shape index (κ1) is 10.3. The average molecular weight is 226 g/mol. The van der Waals surface area contributed by atoms with Gasteiger partial charge < -0.3 is 0 Å². The van der Waals surface area contributed by atoms with Gasteiger partial charge in [-0.1, -0.05) is 24.3 Å². The summed E-state index contributed by atoms with van der Waals surface area (Å²) in [6.07, 6.45) is 6.38. The fourth-order valence-electron chi connectivity index (χ4n) is 2.40. The van der Waals surface area contributed by atoms with E-state index in [1.54, 1.807) is 0 Å². The summed E-state index contributed by atoms with van der Waals surface area (Å²) >= 11 is 0. The van der Waals surface area contributed by atoms with E-state index in [2.05, 4.69) is 9.78 Å². The number of hydrogen-bond donors (Lipinski definition) is 0. The summed E-state index contributed by atoms with van der Waals surface area (Å²) in [5, 5.41) is 4.42. The van der Waals surface area contributed by atoms with Crippen LogP contribution in [0.2, 0.25) is 0 Å². The molecule has 0 unspecified atom stereocenters. The van der Waals surface area contributed by atoms with Crippen LogP contribution in [0, 0.1) is 0 Å². The zero-order valence-corrected chi connectivity index (χ0v) is 9.60. The molecule has 1 aromatic heterocycles. The van der Waals surface area contributed by atoms with Crippen molar-refractivity contribution in [3.63, 3.8) is 0 Å². The van der Waals surface area contributed by atoms with E-state index in [4.69, 9.17) is 0 Å². The van der Waals surface area contributed by atoms with Crippen molar-refractivity contribution in [1.82, 2.24) is 9.78 Å². The van der Waals surface area contributed by atoms with Crippen LogP contribution in [0.25, 0.3) is 11.1 Å². The zero-order chi connectivity index (χ0) is 11.7. The second kappa shape index (κ2) is 4.17. The van der Waals surface area contributed by atoms with E-state index in [9.17, 15) is 4.79 Å². The summed E-state index contributed by atoms with van der Waals surface area (Å²) in [7, 11) is 0. The van der Waals surface area contributed by atoms with E-state index in [1.165, 1.54) is 24.1 Å². The number of aryl methyl sites for hydroxylation is 1. The molecule has 0 radical (unpaired) electrons. The number of aromatic nitrogens is 2. The summed E-state index contributed by atoms with van der Waals surface area (Å²) in [6.45, 7) is 1.03. The van der Waals surface area contributed by atoms with Gasteiger partial charge in [-0.05, 0) is 24.8 Å². The monoisotopic (exact) mass is 226 g/mol. The van der Waals surface area contributed by atoms with Gasteiger partial charge in [0.15, 0.2) is 0 Å². The molecule has 3 rings (SSSR count). The third-order valence-corrected chi connectivity index (χ3v) is 3.34. The third-order valence-electron chi connectivity index (χ3n) is 3.34. The van der Waals surface area contributed by atoms with Gasteiger partial charge in [-0.25, -0.2) is 0 Å². The molecule has 0 saturated heterocycles. The fourth-order valence-corrected chi connectivity index (χ4v) is 2.40. The van der Waals surface area contributed by atoms with Gasteiger partial charge in [0.05, 0.1) is 6.20 Å². The molecule has 1 aliphatic rings. The first-order valence-corrected chi connectivity index (χ1v) is 5.99. The number of benzene rings is 1. The summed E-state index contributed by atoms with van der Waals surface area (Å²) in [5.41, 5.74) is 4.41. The Morgan fingerprint density at radius 2 is 2.00 bits per heavy atom. The maximum absolute atomic E-state index is 10.6. The number of rotatable bonds is 2. The number of fused-ring (bicyclic) bond motifs is 1. The fraction of sp³-hybridized carbons (Fsp3) is 0.286. The summed E-state index contributed by atoms with van der Waals surface area (Å²) in [6, 6.07) is 7.71. The summed E-state index contributed by atoms with van der Waals surface area (Å²) in [5.74, 6) is 0. The van der Waals surface area contributed by atoms with E-state index in [0.29, 0.717) is 0 Å². The Bertz CT molecular complexity index is 540. The lowest BCUT2D eigenvalue weighted by Crippen LogP contribution is -2.11. The molecular formula is C14H14N2O. The zero-order valence-electron chi connectivity index (χ0n) is 9.60. The minimum atomic E-state index is 0.717. The topological polar surface area (TPSA) is 34.9 Å². The van der Waals surface area contributed by atoms with Crippen LogP contribution in [0.15, 0.2) is 30.5 Å². The maximum Gasteiger partial charge on any atom is 0.150 e. The third kappa shape index (κ3) is 1.78. The SMILES string of the molecule is O=Cc1ccc(-c2cnn3c2CCCC3)cc1. The molecule has 2 heterocycles. The van der Waals surface area contributed by atoms with Crippen LogP contribution in [0.4, 0.5) is 0 Å². The molecule has 0 aliphatic carbocycles. The van der Waals surface area contributed by atoms with Gasteiger partial charge in [-0.3, -0.25) is 9.48 Å². The number of carbonyl (C=O) groups is 1. The highest BCUT2D eigenvalue weighted by molar-refractivity contribution is 5.77. The van der Waals surface area contributed by atoms with Crippen LogP contribution in [0.5, 0.6) is 0 Å². The van der Waals surface area contributed by atoms with Gasteiger partial charge in [0.1, 0.15) is 6.29 Å². The molecule has 0 fully saturated rings. The predicted octanol–water partition coefficient (Wildman–Crippen LogP) is 2.70. The highest BCUT2D eigenvalue weighted by Crippen LogP contribution is 2.27. The molecule has 0 spiro atoms. The molecule has 2 aromatic rings. The molecule has 3 heteroatoms. The van der Waals surface area contributed by atoms with E-state index in [1.807, 2.05) is 30.5 Å². The van der Waals surface area contributed by atoms with Gasteiger partial charge >= 0.3 is 0 Å². The Hall–Kier alpha value is -1.90.